The fourth-order valence-electron chi connectivity index (χ4n) is 3.29. The van der Waals surface area contributed by atoms with E-state index in [2.05, 4.69) is 5.32 Å². The molecule has 10 heteroatoms. The zero-order valence-corrected chi connectivity index (χ0v) is 16.8. The van der Waals surface area contributed by atoms with Crippen LogP contribution in [0.3, 0.4) is 0 Å². The molecule has 3 rings (SSSR count). The fourth-order valence-corrected chi connectivity index (χ4v) is 5.22. The van der Waals surface area contributed by atoms with Gasteiger partial charge in [0.25, 0.3) is 5.69 Å². The highest BCUT2D eigenvalue weighted by Gasteiger charge is 2.36. The number of hydrogen-bond donors (Lipinski definition) is 1. The number of non-ortho nitro benzene ring substituents is 1. The van der Waals surface area contributed by atoms with Gasteiger partial charge in [-0.05, 0) is 29.7 Å². The van der Waals surface area contributed by atoms with Gasteiger partial charge >= 0.3 is 0 Å². The summed E-state index contributed by atoms with van der Waals surface area (Å²) in [4.78, 5) is 10.4. The molecule has 0 saturated carbocycles. The third-order valence-corrected chi connectivity index (χ3v) is 6.65. The summed E-state index contributed by atoms with van der Waals surface area (Å²) in [5, 5.41) is 14.3. The summed E-state index contributed by atoms with van der Waals surface area (Å²) in [5.74, 6) is -0.444. The lowest BCUT2D eigenvalue weighted by atomic mass is 10.1. The van der Waals surface area contributed by atoms with Crippen LogP contribution >= 0.6 is 12.4 Å². The molecule has 1 saturated heterocycles. The molecular formula is C18H21ClFN3O4S. The Kier molecular flexibility index (Phi) is 7.11. The summed E-state index contributed by atoms with van der Waals surface area (Å²) >= 11 is 0. The number of nitro benzene ring substituents is 1. The molecule has 0 spiro atoms. The second-order valence-electron chi connectivity index (χ2n) is 6.29. The van der Waals surface area contributed by atoms with E-state index in [4.69, 9.17) is 0 Å². The van der Waals surface area contributed by atoms with Gasteiger partial charge in [-0.3, -0.25) is 10.1 Å². The first kappa shape index (κ1) is 22.2. The van der Waals surface area contributed by atoms with Crippen LogP contribution in [0.25, 0.3) is 0 Å². The van der Waals surface area contributed by atoms with Crippen molar-refractivity contribution in [1.29, 1.82) is 0 Å². The van der Waals surface area contributed by atoms with Gasteiger partial charge in [0.1, 0.15) is 5.82 Å². The molecule has 1 atom stereocenters. The van der Waals surface area contributed by atoms with Gasteiger partial charge < -0.3 is 5.32 Å². The highest BCUT2D eigenvalue weighted by molar-refractivity contribution is 7.89. The Hall–Kier alpha value is -2.07. The SMILES string of the molecule is CCc1ccc([N+](=O)[O-])cc1S(=O)(=O)N1CCNCC1c1cccc(F)c1.Cl. The van der Waals surface area contributed by atoms with Gasteiger partial charge in [-0.25, -0.2) is 12.8 Å². The number of aryl methyl sites for hydroxylation is 1. The fraction of sp³-hybridized carbons (Fsp3) is 0.333. The quantitative estimate of drug-likeness (QED) is 0.582. The normalized spacial score (nSPS) is 17.7. The minimum Gasteiger partial charge on any atom is -0.313 e. The summed E-state index contributed by atoms with van der Waals surface area (Å²) in [5.41, 5.74) is 0.773. The number of nitrogens with one attached hydrogen (secondary N) is 1. The standard InChI is InChI=1S/C18H20FN3O4S.ClH/c1-2-13-6-7-16(22(23)24)11-18(13)27(25,26)21-9-8-20-12-17(21)14-4-3-5-15(19)10-14;/h3-7,10-11,17,20H,2,8-9,12H2,1H3;1H. The van der Waals surface area contributed by atoms with Gasteiger partial charge in [0.2, 0.25) is 10.0 Å². The predicted molar refractivity (Wildman–Crippen MR) is 106 cm³/mol. The molecule has 2 aromatic rings. The molecular weight excluding hydrogens is 409 g/mol. The molecule has 1 heterocycles. The van der Waals surface area contributed by atoms with Gasteiger partial charge in [-0.1, -0.05) is 25.1 Å². The zero-order chi connectivity index (χ0) is 19.6. The number of piperazine rings is 1. The molecule has 152 valence electrons. The molecule has 0 amide bonds. The first-order valence-electron chi connectivity index (χ1n) is 8.60. The number of sulfonamides is 1. The van der Waals surface area contributed by atoms with E-state index in [0.29, 0.717) is 30.6 Å². The second kappa shape index (κ2) is 8.95. The van der Waals surface area contributed by atoms with Crippen molar-refractivity contribution in [2.24, 2.45) is 0 Å². The Morgan fingerprint density at radius 1 is 1.29 bits per heavy atom. The molecule has 0 radical (unpaired) electrons. The number of nitrogens with zero attached hydrogens (tertiary/aromatic N) is 2. The summed E-state index contributed by atoms with van der Waals surface area (Å²) in [7, 11) is -4.00. The largest absolute Gasteiger partial charge is 0.313 e. The van der Waals surface area contributed by atoms with E-state index in [0.717, 1.165) is 6.07 Å². The first-order valence-corrected chi connectivity index (χ1v) is 10.0. The third-order valence-electron chi connectivity index (χ3n) is 4.66. The summed E-state index contributed by atoms with van der Waals surface area (Å²) in [6, 6.07) is 9.13. The van der Waals surface area contributed by atoms with Crippen LogP contribution in [-0.2, 0) is 16.4 Å². The van der Waals surface area contributed by atoms with Gasteiger partial charge in [0.05, 0.1) is 15.9 Å². The lowest BCUT2D eigenvalue weighted by Gasteiger charge is -2.35. The highest BCUT2D eigenvalue weighted by atomic mass is 35.5. The Balaban J connectivity index is 0.00000280. The third kappa shape index (κ3) is 4.33. The smallest absolute Gasteiger partial charge is 0.270 e. The summed E-state index contributed by atoms with van der Waals surface area (Å²) in [6.45, 7) is 2.76. The molecule has 7 nitrogen and oxygen atoms in total. The monoisotopic (exact) mass is 429 g/mol. The van der Waals surface area contributed by atoms with E-state index in [1.807, 2.05) is 0 Å². The van der Waals surface area contributed by atoms with Crippen LogP contribution in [0.4, 0.5) is 10.1 Å². The number of hydrogen-bond acceptors (Lipinski definition) is 5. The van der Waals surface area contributed by atoms with Crippen LogP contribution in [0.5, 0.6) is 0 Å². The Bertz CT molecular complexity index is 971. The van der Waals surface area contributed by atoms with Crippen molar-refractivity contribution in [2.45, 2.75) is 24.3 Å². The second-order valence-corrected chi connectivity index (χ2v) is 8.15. The van der Waals surface area contributed by atoms with E-state index < -0.39 is 26.8 Å². The van der Waals surface area contributed by atoms with Crippen LogP contribution in [-0.4, -0.2) is 37.3 Å². The number of halogens is 2. The Morgan fingerprint density at radius 2 is 2.04 bits per heavy atom. The molecule has 28 heavy (non-hydrogen) atoms. The van der Waals surface area contributed by atoms with Gasteiger partial charge in [-0.2, -0.15) is 4.31 Å². The molecule has 0 aromatic heterocycles. The van der Waals surface area contributed by atoms with Crippen molar-refractivity contribution in [3.05, 3.63) is 69.5 Å². The van der Waals surface area contributed by atoms with Crippen LogP contribution in [0.15, 0.2) is 47.4 Å². The van der Waals surface area contributed by atoms with E-state index in [1.54, 1.807) is 13.0 Å². The minimum absolute atomic E-state index is 0. The average molecular weight is 430 g/mol. The lowest BCUT2D eigenvalue weighted by Crippen LogP contribution is -2.48. The van der Waals surface area contributed by atoms with Crippen LogP contribution in [0.2, 0.25) is 0 Å². The Morgan fingerprint density at radius 3 is 2.68 bits per heavy atom. The van der Waals surface area contributed by atoms with Crippen LogP contribution in [0.1, 0.15) is 24.1 Å². The predicted octanol–water partition coefficient (Wildman–Crippen LogP) is 3.05. The maximum atomic E-state index is 13.7. The molecule has 1 fully saturated rings. The van der Waals surface area contributed by atoms with Crippen molar-refractivity contribution in [3.63, 3.8) is 0 Å². The van der Waals surface area contributed by atoms with Crippen molar-refractivity contribution < 1.29 is 17.7 Å². The number of benzene rings is 2. The first-order chi connectivity index (χ1) is 12.8. The topological polar surface area (TPSA) is 92.5 Å². The lowest BCUT2D eigenvalue weighted by molar-refractivity contribution is -0.385. The molecule has 1 N–H and O–H groups in total. The van der Waals surface area contributed by atoms with E-state index in [1.165, 1.54) is 34.6 Å². The maximum Gasteiger partial charge on any atom is 0.270 e. The van der Waals surface area contributed by atoms with Crippen molar-refractivity contribution in [3.8, 4) is 0 Å². The van der Waals surface area contributed by atoms with Crippen molar-refractivity contribution >= 4 is 28.1 Å². The van der Waals surface area contributed by atoms with E-state index >= 15 is 0 Å². The Labute approximate surface area is 169 Å². The van der Waals surface area contributed by atoms with E-state index in [-0.39, 0.29) is 29.5 Å². The summed E-state index contributed by atoms with van der Waals surface area (Å²) < 4.78 is 41.8. The molecule has 0 bridgehead atoms. The average Bonchev–Trinajstić information content (AvgIpc) is 2.67. The van der Waals surface area contributed by atoms with Crippen LogP contribution < -0.4 is 5.32 Å². The zero-order valence-electron chi connectivity index (χ0n) is 15.2. The number of rotatable bonds is 5. The van der Waals surface area contributed by atoms with Crippen LogP contribution in [0, 0.1) is 15.9 Å². The molecule has 2 aromatic carbocycles. The van der Waals surface area contributed by atoms with Gasteiger partial charge in [-0.15, -0.1) is 12.4 Å². The van der Waals surface area contributed by atoms with E-state index in [9.17, 15) is 22.9 Å². The molecule has 1 aliphatic heterocycles. The molecule has 1 aliphatic rings. The molecule has 1 unspecified atom stereocenters. The molecule has 0 aliphatic carbocycles. The summed E-state index contributed by atoms with van der Waals surface area (Å²) in [6.07, 6.45) is 0.420. The minimum atomic E-state index is -4.00. The number of nitro groups is 1. The van der Waals surface area contributed by atoms with Gasteiger partial charge in [0.15, 0.2) is 0 Å². The van der Waals surface area contributed by atoms with Crippen molar-refractivity contribution in [1.82, 2.24) is 9.62 Å². The van der Waals surface area contributed by atoms with Crippen molar-refractivity contribution in [2.75, 3.05) is 19.6 Å². The maximum absolute atomic E-state index is 13.7. The highest BCUT2D eigenvalue weighted by Crippen LogP contribution is 2.32. The van der Waals surface area contributed by atoms with Gasteiger partial charge in [0, 0.05) is 31.8 Å².